The molecule has 0 aliphatic rings. The van der Waals surface area contributed by atoms with Crippen LogP contribution in [0.5, 0.6) is 0 Å². The van der Waals surface area contributed by atoms with Crippen LogP contribution in [0.1, 0.15) is 42.6 Å². The summed E-state index contributed by atoms with van der Waals surface area (Å²) in [5.74, 6) is 0. The van der Waals surface area contributed by atoms with Crippen molar-refractivity contribution in [1.82, 2.24) is 19.6 Å². The largest absolute Gasteiger partial charge is 0.388 e. The maximum Gasteiger partial charge on any atom is 0.0878 e. The molecule has 0 aromatic carbocycles. The van der Waals surface area contributed by atoms with Crippen molar-refractivity contribution in [2.24, 2.45) is 14.1 Å². The molecule has 0 radical (unpaired) electrons. The highest BCUT2D eigenvalue weighted by atomic mass is 79.9. The topological polar surface area (TPSA) is 55.9 Å². The highest BCUT2D eigenvalue weighted by Crippen LogP contribution is 2.27. The summed E-state index contributed by atoms with van der Waals surface area (Å²) in [6.07, 6.45) is 3.56. The lowest BCUT2D eigenvalue weighted by Crippen LogP contribution is -2.08. The van der Waals surface area contributed by atoms with E-state index in [4.69, 9.17) is 0 Å². The number of nitrogens with zero attached hydrogens (tertiary/aromatic N) is 4. The molecule has 1 unspecified atom stereocenters. The third-order valence-corrected chi connectivity index (χ3v) is 4.44. The number of hydrogen-bond acceptors (Lipinski definition) is 3. The number of aliphatic hydroxyl groups is 1. The molecule has 0 spiro atoms. The van der Waals surface area contributed by atoms with Crippen LogP contribution in [0.15, 0.2) is 10.7 Å². The second-order valence-electron chi connectivity index (χ2n) is 4.96. The second-order valence-corrected chi connectivity index (χ2v) is 5.76. The predicted molar refractivity (Wildman–Crippen MR) is 81.5 cm³/mol. The van der Waals surface area contributed by atoms with Gasteiger partial charge in [-0.2, -0.15) is 10.2 Å². The summed E-state index contributed by atoms with van der Waals surface area (Å²) in [4.78, 5) is 0. The van der Waals surface area contributed by atoms with Gasteiger partial charge in [0.25, 0.3) is 0 Å². The number of aliphatic hydroxyl groups excluding tert-OH is 1. The number of aryl methyl sites for hydroxylation is 4. The van der Waals surface area contributed by atoms with Crippen molar-refractivity contribution in [3.05, 3.63) is 33.3 Å². The van der Waals surface area contributed by atoms with E-state index in [1.54, 1.807) is 4.68 Å². The Bertz CT molecular complexity index is 603. The van der Waals surface area contributed by atoms with Gasteiger partial charge < -0.3 is 5.11 Å². The molecule has 1 atom stereocenters. The second kappa shape index (κ2) is 6.10. The molecule has 0 aliphatic carbocycles. The molecule has 2 heterocycles. The van der Waals surface area contributed by atoms with Gasteiger partial charge in [0.1, 0.15) is 0 Å². The Morgan fingerprint density at radius 2 is 1.85 bits per heavy atom. The maximum absolute atomic E-state index is 10.5. The van der Waals surface area contributed by atoms with Gasteiger partial charge in [-0.25, -0.2) is 0 Å². The number of rotatable bonds is 5. The lowest BCUT2D eigenvalue weighted by Gasteiger charge is -2.11. The quantitative estimate of drug-likeness (QED) is 0.908. The molecule has 0 aliphatic heterocycles. The molecule has 0 fully saturated rings. The van der Waals surface area contributed by atoms with E-state index < -0.39 is 6.10 Å². The van der Waals surface area contributed by atoms with Crippen LogP contribution in [-0.2, 0) is 33.4 Å². The highest BCUT2D eigenvalue weighted by Gasteiger charge is 2.20. The molecule has 0 saturated heterocycles. The standard InChI is InChI=1S/C14H21BrN4O/c1-5-10-9(8-18(3)16-10)13(20)7-12-14(15)11(6-2)17-19(12)4/h8,13,20H,5-7H2,1-4H3. The highest BCUT2D eigenvalue weighted by molar-refractivity contribution is 9.10. The minimum Gasteiger partial charge on any atom is -0.388 e. The number of hydrogen-bond donors (Lipinski definition) is 1. The zero-order chi connectivity index (χ0) is 14.9. The molecule has 2 rings (SSSR count). The molecule has 2 aromatic heterocycles. The fourth-order valence-corrected chi connectivity index (χ4v) is 3.22. The van der Waals surface area contributed by atoms with Crippen LogP contribution in [0.4, 0.5) is 0 Å². The van der Waals surface area contributed by atoms with Crippen molar-refractivity contribution in [2.45, 2.75) is 39.2 Å². The van der Waals surface area contributed by atoms with Crippen LogP contribution in [0, 0.1) is 0 Å². The van der Waals surface area contributed by atoms with E-state index in [1.807, 2.05) is 31.9 Å². The first-order chi connectivity index (χ1) is 9.47. The van der Waals surface area contributed by atoms with Gasteiger partial charge >= 0.3 is 0 Å². The molecule has 0 amide bonds. The van der Waals surface area contributed by atoms with E-state index in [0.717, 1.165) is 40.0 Å². The van der Waals surface area contributed by atoms with E-state index >= 15 is 0 Å². The number of aromatic nitrogens is 4. The molecule has 0 bridgehead atoms. The first-order valence-electron chi connectivity index (χ1n) is 6.88. The number of halogens is 1. The van der Waals surface area contributed by atoms with Gasteiger partial charge in [0.05, 0.1) is 27.7 Å². The van der Waals surface area contributed by atoms with E-state index in [9.17, 15) is 5.11 Å². The Morgan fingerprint density at radius 3 is 2.40 bits per heavy atom. The van der Waals surface area contributed by atoms with Gasteiger partial charge in [0.2, 0.25) is 0 Å². The average molecular weight is 341 g/mol. The zero-order valence-electron chi connectivity index (χ0n) is 12.4. The summed E-state index contributed by atoms with van der Waals surface area (Å²) in [5, 5.41) is 19.4. The predicted octanol–water partition coefficient (Wildman–Crippen LogP) is 2.32. The minimum atomic E-state index is -0.560. The van der Waals surface area contributed by atoms with Crippen molar-refractivity contribution < 1.29 is 5.11 Å². The maximum atomic E-state index is 10.5. The fourth-order valence-electron chi connectivity index (χ4n) is 2.44. The molecule has 20 heavy (non-hydrogen) atoms. The van der Waals surface area contributed by atoms with Gasteiger partial charge in [-0.15, -0.1) is 0 Å². The van der Waals surface area contributed by atoms with Crippen LogP contribution in [0.25, 0.3) is 0 Å². The fraction of sp³-hybridized carbons (Fsp3) is 0.571. The lowest BCUT2D eigenvalue weighted by molar-refractivity contribution is 0.174. The van der Waals surface area contributed by atoms with Crippen LogP contribution in [0.2, 0.25) is 0 Å². The monoisotopic (exact) mass is 340 g/mol. The molecular formula is C14H21BrN4O. The summed E-state index contributed by atoms with van der Waals surface area (Å²) < 4.78 is 4.60. The van der Waals surface area contributed by atoms with Crippen molar-refractivity contribution in [3.63, 3.8) is 0 Å². The Labute approximate surface area is 127 Å². The molecule has 6 heteroatoms. The van der Waals surface area contributed by atoms with E-state index in [2.05, 4.69) is 33.1 Å². The first-order valence-corrected chi connectivity index (χ1v) is 7.67. The molecule has 2 aromatic rings. The summed E-state index contributed by atoms with van der Waals surface area (Å²) >= 11 is 3.59. The lowest BCUT2D eigenvalue weighted by atomic mass is 10.0. The zero-order valence-corrected chi connectivity index (χ0v) is 14.0. The van der Waals surface area contributed by atoms with Crippen molar-refractivity contribution in [1.29, 1.82) is 0 Å². The van der Waals surface area contributed by atoms with E-state index in [-0.39, 0.29) is 0 Å². The Balaban J connectivity index is 2.27. The van der Waals surface area contributed by atoms with Gasteiger partial charge in [0, 0.05) is 32.3 Å². The third kappa shape index (κ3) is 2.81. The molecular weight excluding hydrogens is 320 g/mol. The van der Waals surface area contributed by atoms with E-state index in [0.29, 0.717) is 6.42 Å². The Hall–Kier alpha value is -1.14. The summed E-state index contributed by atoms with van der Waals surface area (Å²) in [6, 6.07) is 0. The van der Waals surface area contributed by atoms with Gasteiger partial charge in [-0.3, -0.25) is 9.36 Å². The van der Waals surface area contributed by atoms with Crippen LogP contribution in [-0.4, -0.2) is 24.7 Å². The SMILES string of the molecule is CCc1nn(C)cc1C(O)Cc1c(Br)c(CC)nn1C. The van der Waals surface area contributed by atoms with Gasteiger partial charge in [-0.05, 0) is 28.8 Å². The summed E-state index contributed by atoms with van der Waals surface area (Å²) in [7, 11) is 3.79. The van der Waals surface area contributed by atoms with Gasteiger partial charge in [0.15, 0.2) is 0 Å². The Morgan fingerprint density at radius 1 is 1.20 bits per heavy atom. The van der Waals surface area contributed by atoms with Crippen LogP contribution >= 0.6 is 15.9 Å². The molecule has 110 valence electrons. The normalized spacial score (nSPS) is 12.9. The smallest absolute Gasteiger partial charge is 0.0878 e. The van der Waals surface area contributed by atoms with Crippen molar-refractivity contribution in [2.75, 3.05) is 0 Å². The van der Waals surface area contributed by atoms with Crippen molar-refractivity contribution in [3.8, 4) is 0 Å². The van der Waals surface area contributed by atoms with E-state index in [1.165, 1.54) is 0 Å². The summed E-state index contributed by atoms with van der Waals surface area (Å²) in [5.41, 5.74) is 3.90. The molecule has 1 N–H and O–H groups in total. The average Bonchev–Trinajstić information content (AvgIpc) is 2.93. The molecule has 5 nitrogen and oxygen atoms in total. The summed E-state index contributed by atoms with van der Waals surface area (Å²) in [6.45, 7) is 4.12. The first kappa shape index (κ1) is 15.3. The van der Waals surface area contributed by atoms with Gasteiger partial charge in [-0.1, -0.05) is 13.8 Å². The third-order valence-electron chi connectivity index (χ3n) is 3.52. The van der Waals surface area contributed by atoms with Crippen molar-refractivity contribution >= 4 is 15.9 Å². The van der Waals surface area contributed by atoms with Crippen LogP contribution < -0.4 is 0 Å². The van der Waals surface area contributed by atoms with Crippen LogP contribution in [0.3, 0.4) is 0 Å². The minimum absolute atomic E-state index is 0.531. The Kier molecular flexibility index (Phi) is 4.65. The molecule has 0 saturated carbocycles.